The topological polar surface area (TPSA) is 69.6 Å². The Morgan fingerprint density at radius 1 is 1.06 bits per heavy atom. The first-order chi connectivity index (χ1) is 15.0. The summed E-state index contributed by atoms with van der Waals surface area (Å²) in [5.74, 6) is -0.137. The van der Waals surface area contributed by atoms with E-state index in [4.69, 9.17) is 11.6 Å². The third-order valence-corrected chi connectivity index (χ3v) is 6.38. The van der Waals surface area contributed by atoms with E-state index in [1.165, 1.54) is 0 Å². The van der Waals surface area contributed by atoms with Crippen LogP contribution in [0.5, 0.6) is 0 Å². The number of aliphatic hydroxyl groups is 1. The Morgan fingerprint density at radius 3 is 2.34 bits per heavy atom. The summed E-state index contributed by atoms with van der Waals surface area (Å²) in [4.78, 5) is 12.7. The molecule has 4 nitrogen and oxygen atoms in total. The monoisotopic (exact) mass is 491 g/mol. The molecule has 0 radical (unpaired) electrons. The molecule has 0 saturated heterocycles. The van der Waals surface area contributed by atoms with E-state index in [-0.39, 0.29) is 25.1 Å². The van der Waals surface area contributed by atoms with Crippen LogP contribution in [0.2, 0.25) is 5.02 Å². The second-order valence-corrected chi connectivity index (χ2v) is 8.77. The molecule has 170 valence electrons. The highest BCUT2D eigenvalue weighted by molar-refractivity contribution is 7.99. The Labute approximate surface area is 204 Å². The van der Waals surface area contributed by atoms with Gasteiger partial charge in [0.1, 0.15) is 0 Å². The van der Waals surface area contributed by atoms with E-state index in [1.807, 2.05) is 55.5 Å². The molecule has 0 aliphatic heterocycles. The van der Waals surface area contributed by atoms with Gasteiger partial charge in [-0.1, -0.05) is 67.1 Å². The summed E-state index contributed by atoms with van der Waals surface area (Å²) in [5.41, 5.74) is 4.40. The predicted molar refractivity (Wildman–Crippen MR) is 135 cm³/mol. The highest BCUT2D eigenvalue weighted by Gasteiger charge is 2.19. The summed E-state index contributed by atoms with van der Waals surface area (Å²) >= 11 is 7.53. The van der Waals surface area contributed by atoms with E-state index >= 15 is 0 Å². The minimum absolute atomic E-state index is 0. The van der Waals surface area contributed by atoms with Crippen molar-refractivity contribution in [1.82, 2.24) is 5.32 Å². The highest BCUT2D eigenvalue weighted by Crippen LogP contribution is 2.35. The van der Waals surface area contributed by atoms with Gasteiger partial charge in [-0.25, -0.2) is 4.79 Å². The molecule has 0 spiro atoms. The number of benzene rings is 3. The fraction of sp³-hybridized carbons (Fsp3) is 0.240. The largest absolute Gasteiger partial charge is 0.478 e. The number of halogens is 2. The number of hydrogen-bond acceptors (Lipinski definition) is 4. The SMILES string of the molecule is CCSc1c(C(=O)O)ccc(-c2ccccc2)c1CCN[C@@H](CO)c1ccc(Cl)cc1.Cl. The lowest BCUT2D eigenvalue weighted by Crippen LogP contribution is -2.26. The number of rotatable bonds is 10. The van der Waals surface area contributed by atoms with Crippen LogP contribution in [0.3, 0.4) is 0 Å². The third-order valence-electron chi connectivity index (χ3n) is 5.09. The van der Waals surface area contributed by atoms with Crippen molar-refractivity contribution in [2.75, 3.05) is 18.9 Å². The molecule has 3 N–H and O–H groups in total. The zero-order valence-corrected chi connectivity index (χ0v) is 20.1. The van der Waals surface area contributed by atoms with Gasteiger partial charge in [0.25, 0.3) is 0 Å². The summed E-state index contributed by atoms with van der Waals surface area (Å²) in [5, 5.41) is 23.6. The maximum Gasteiger partial charge on any atom is 0.336 e. The van der Waals surface area contributed by atoms with Crippen molar-refractivity contribution < 1.29 is 15.0 Å². The number of hydrogen-bond donors (Lipinski definition) is 3. The quantitative estimate of drug-likeness (QED) is 0.298. The standard InChI is InChI=1S/C25H26ClNO3S.ClH/c1-2-31-24-21(14-15-27-23(16-28)18-8-10-19(26)11-9-18)20(12-13-22(24)25(29)30)17-6-4-3-5-7-17;/h3-13,23,27-28H,2,14-16H2,1H3,(H,29,30);1H/t23-;/m0./s1. The zero-order valence-electron chi connectivity index (χ0n) is 17.8. The van der Waals surface area contributed by atoms with E-state index in [2.05, 4.69) is 5.32 Å². The number of thioether (sulfide) groups is 1. The third kappa shape index (κ3) is 6.50. The fourth-order valence-corrected chi connectivity index (χ4v) is 4.71. The van der Waals surface area contributed by atoms with E-state index < -0.39 is 5.97 Å². The lowest BCUT2D eigenvalue weighted by molar-refractivity contribution is 0.0693. The lowest BCUT2D eigenvalue weighted by Gasteiger charge is -2.20. The summed E-state index contributed by atoms with van der Waals surface area (Å²) in [7, 11) is 0. The van der Waals surface area contributed by atoms with Crippen LogP contribution < -0.4 is 5.32 Å². The van der Waals surface area contributed by atoms with Gasteiger partial charge in [0.15, 0.2) is 0 Å². The minimum Gasteiger partial charge on any atom is -0.478 e. The Morgan fingerprint density at radius 2 is 1.75 bits per heavy atom. The molecule has 3 aromatic carbocycles. The highest BCUT2D eigenvalue weighted by atomic mass is 35.5. The van der Waals surface area contributed by atoms with Crippen molar-refractivity contribution >= 4 is 41.7 Å². The molecule has 0 saturated carbocycles. The molecule has 0 aliphatic rings. The van der Waals surface area contributed by atoms with Crippen molar-refractivity contribution in [3.63, 3.8) is 0 Å². The van der Waals surface area contributed by atoms with E-state index in [0.29, 0.717) is 23.6 Å². The van der Waals surface area contributed by atoms with Crippen molar-refractivity contribution in [1.29, 1.82) is 0 Å². The Bertz CT molecular complexity index is 1010. The Kier molecular flexibility index (Phi) is 10.6. The first-order valence-corrected chi connectivity index (χ1v) is 11.6. The van der Waals surface area contributed by atoms with Crippen LogP contribution in [0.15, 0.2) is 71.6 Å². The van der Waals surface area contributed by atoms with Gasteiger partial charge in [-0.05, 0) is 59.2 Å². The van der Waals surface area contributed by atoms with Gasteiger partial charge in [-0.15, -0.1) is 24.2 Å². The van der Waals surface area contributed by atoms with Gasteiger partial charge in [0.2, 0.25) is 0 Å². The molecular weight excluding hydrogens is 465 g/mol. The van der Waals surface area contributed by atoms with Crippen molar-refractivity contribution in [2.45, 2.75) is 24.3 Å². The zero-order chi connectivity index (χ0) is 22.2. The minimum atomic E-state index is -0.917. The molecule has 0 unspecified atom stereocenters. The summed E-state index contributed by atoms with van der Waals surface area (Å²) in [6, 6.07) is 20.8. The number of aliphatic hydroxyl groups excluding tert-OH is 1. The molecule has 0 aliphatic carbocycles. The van der Waals surface area contributed by atoms with Crippen LogP contribution in [0.4, 0.5) is 0 Å². The smallest absolute Gasteiger partial charge is 0.336 e. The molecule has 0 bridgehead atoms. The maximum absolute atomic E-state index is 11.9. The first-order valence-electron chi connectivity index (χ1n) is 10.2. The molecular formula is C25H27Cl2NO3S. The van der Waals surface area contributed by atoms with Gasteiger partial charge >= 0.3 is 5.97 Å². The number of carbonyl (C=O) groups is 1. The lowest BCUT2D eigenvalue weighted by atomic mass is 9.95. The Balaban J connectivity index is 0.00000363. The van der Waals surface area contributed by atoms with Crippen LogP contribution in [0, 0.1) is 0 Å². The van der Waals surface area contributed by atoms with Crippen molar-refractivity contribution in [3.8, 4) is 11.1 Å². The van der Waals surface area contributed by atoms with E-state index in [9.17, 15) is 15.0 Å². The second kappa shape index (κ2) is 12.9. The fourth-order valence-electron chi connectivity index (χ4n) is 3.60. The van der Waals surface area contributed by atoms with Crippen LogP contribution in [-0.4, -0.2) is 35.1 Å². The molecule has 1 atom stereocenters. The molecule has 3 rings (SSSR count). The molecule has 0 amide bonds. The van der Waals surface area contributed by atoms with Crippen molar-refractivity contribution in [3.05, 3.63) is 88.4 Å². The average molecular weight is 492 g/mol. The summed E-state index contributed by atoms with van der Waals surface area (Å²) in [6.07, 6.45) is 0.637. The van der Waals surface area contributed by atoms with Crippen LogP contribution in [-0.2, 0) is 6.42 Å². The second-order valence-electron chi connectivity index (χ2n) is 7.06. The van der Waals surface area contributed by atoms with Gasteiger partial charge in [-0.3, -0.25) is 0 Å². The van der Waals surface area contributed by atoms with E-state index in [1.54, 1.807) is 30.0 Å². The normalized spacial score (nSPS) is 11.6. The van der Waals surface area contributed by atoms with Gasteiger partial charge < -0.3 is 15.5 Å². The summed E-state index contributed by atoms with van der Waals surface area (Å²) < 4.78 is 0. The molecule has 0 fully saturated rings. The molecule has 0 aromatic heterocycles. The van der Waals surface area contributed by atoms with Gasteiger partial charge in [0, 0.05) is 9.92 Å². The summed E-state index contributed by atoms with van der Waals surface area (Å²) in [6.45, 7) is 2.57. The van der Waals surface area contributed by atoms with Gasteiger partial charge in [0.05, 0.1) is 18.2 Å². The number of nitrogens with one attached hydrogen (secondary N) is 1. The maximum atomic E-state index is 11.9. The van der Waals surface area contributed by atoms with E-state index in [0.717, 1.165) is 32.9 Å². The van der Waals surface area contributed by atoms with Crippen LogP contribution in [0.25, 0.3) is 11.1 Å². The first kappa shape index (κ1) is 26.2. The molecule has 0 heterocycles. The molecule has 3 aromatic rings. The molecule has 32 heavy (non-hydrogen) atoms. The van der Waals surface area contributed by atoms with Crippen LogP contribution in [0.1, 0.15) is 34.5 Å². The van der Waals surface area contributed by atoms with Gasteiger partial charge in [-0.2, -0.15) is 0 Å². The van der Waals surface area contributed by atoms with Crippen molar-refractivity contribution in [2.24, 2.45) is 0 Å². The average Bonchev–Trinajstić information content (AvgIpc) is 2.78. The molecule has 7 heteroatoms. The number of aromatic carboxylic acids is 1. The number of carboxylic acid groups (broad SMARTS) is 1. The Hall–Kier alpha value is -2.02. The van der Waals surface area contributed by atoms with Crippen LogP contribution >= 0.6 is 35.8 Å². The number of carboxylic acids is 1. The predicted octanol–water partition coefficient (Wildman–Crippen LogP) is 6.10.